The van der Waals surface area contributed by atoms with Gasteiger partial charge in [0.2, 0.25) is 10.0 Å². The summed E-state index contributed by atoms with van der Waals surface area (Å²) in [5.74, 6) is -0.385. The Balaban J connectivity index is 1.99. The zero-order chi connectivity index (χ0) is 19.1. The van der Waals surface area contributed by atoms with Gasteiger partial charge in [-0.15, -0.1) is 0 Å². The lowest BCUT2D eigenvalue weighted by atomic mass is 10.1. The predicted molar refractivity (Wildman–Crippen MR) is 101 cm³/mol. The first kappa shape index (κ1) is 18.4. The molecule has 0 spiro atoms. The van der Waals surface area contributed by atoms with E-state index in [0.29, 0.717) is 33.8 Å². The zero-order valence-electron chi connectivity index (χ0n) is 14.2. The Bertz CT molecular complexity index is 1120. The van der Waals surface area contributed by atoms with Crippen LogP contribution in [0, 0.1) is 6.92 Å². The second kappa shape index (κ2) is 6.75. The lowest BCUT2D eigenvalue weighted by molar-refractivity contribution is 0.0998. The number of fused-ring (bicyclic) bond motifs is 1. The Morgan fingerprint density at radius 1 is 1.27 bits per heavy atom. The van der Waals surface area contributed by atoms with Crippen LogP contribution >= 0.6 is 11.6 Å². The van der Waals surface area contributed by atoms with Gasteiger partial charge in [0, 0.05) is 16.6 Å². The molecule has 136 valence electrons. The van der Waals surface area contributed by atoms with Crippen molar-refractivity contribution in [3.63, 3.8) is 0 Å². The molecule has 0 radical (unpaired) electrons. The molecular weight excluding hydrogens is 376 g/mol. The molecule has 0 aliphatic heterocycles. The molecule has 3 aromatic rings. The van der Waals surface area contributed by atoms with Gasteiger partial charge in [-0.1, -0.05) is 36.7 Å². The van der Waals surface area contributed by atoms with Gasteiger partial charge in [0.25, 0.3) is 5.91 Å². The number of hydrogen-bond donors (Lipinski definition) is 2. The number of aryl methyl sites for hydroxylation is 2. The van der Waals surface area contributed by atoms with Crippen LogP contribution in [0.3, 0.4) is 0 Å². The highest BCUT2D eigenvalue weighted by molar-refractivity contribution is 7.89. The molecule has 1 aromatic heterocycles. The van der Waals surface area contributed by atoms with Gasteiger partial charge in [0.15, 0.2) is 11.3 Å². The van der Waals surface area contributed by atoms with Crippen LogP contribution in [0.5, 0.6) is 0 Å². The number of nitrogens with one attached hydrogen (secondary N) is 1. The number of furan rings is 1. The number of sulfonamides is 1. The van der Waals surface area contributed by atoms with E-state index in [9.17, 15) is 13.2 Å². The smallest absolute Gasteiger partial charge is 0.291 e. The van der Waals surface area contributed by atoms with Crippen LogP contribution in [0.15, 0.2) is 45.7 Å². The molecule has 0 saturated heterocycles. The largest absolute Gasteiger partial charge is 0.449 e. The number of primary sulfonamides is 1. The molecule has 1 heterocycles. The molecule has 26 heavy (non-hydrogen) atoms. The van der Waals surface area contributed by atoms with E-state index in [1.165, 1.54) is 6.07 Å². The van der Waals surface area contributed by atoms with Crippen molar-refractivity contribution >= 4 is 44.2 Å². The maximum atomic E-state index is 12.6. The standard InChI is InChI=1S/C18H17ClN2O4S/c1-3-11-7-8-12(9-15(11)26(20,23)24)21-18(22)16-10(2)13-5-4-6-14(19)17(13)25-16/h4-9H,3H2,1-2H3,(H,21,22)(H2,20,23,24). The Kier molecular flexibility index (Phi) is 4.79. The molecule has 1 amide bonds. The number of hydrogen-bond acceptors (Lipinski definition) is 4. The van der Waals surface area contributed by atoms with Gasteiger partial charge in [-0.3, -0.25) is 4.79 Å². The molecule has 0 saturated carbocycles. The summed E-state index contributed by atoms with van der Waals surface area (Å²) in [5, 5.41) is 9.06. The van der Waals surface area contributed by atoms with Crippen LogP contribution < -0.4 is 10.5 Å². The molecule has 0 atom stereocenters. The first-order valence-electron chi connectivity index (χ1n) is 7.87. The van der Waals surface area contributed by atoms with Crippen LogP contribution in [0.1, 0.15) is 28.6 Å². The fraction of sp³-hybridized carbons (Fsp3) is 0.167. The highest BCUT2D eigenvalue weighted by Gasteiger charge is 2.20. The molecule has 6 nitrogen and oxygen atoms in total. The summed E-state index contributed by atoms with van der Waals surface area (Å²) in [5.41, 5.74) is 1.97. The number of halogens is 1. The van der Waals surface area contributed by atoms with Gasteiger partial charge in [-0.05, 0) is 37.1 Å². The van der Waals surface area contributed by atoms with E-state index in [2.05, 4.69) is 5.32 Å². The SMILES string of the molecule is CCc1ccc(NC(=O)c2oc3c(Cl)cccc3c2C)cc1S(N)(=O)=O. The van der Waals surface area contributed by atoms with Crippen LogP contribution in [-0.2, 0) is 16.4 Å². The van der Waals surface area contributed by atoms with Gasteiger partial charge in [0.05, 0.1) is 9.92 Å². The number of para-hydroxylation sites is 1. The van der Waals surface area contributed by atoms with Crippen molar-refractivity contribution in [1.29, 1.82) is 0 Å². The quantitative estimate of drug-likeness (QED) is 0.703. The van der Waals surface area contributed by atoms with Crippen LogP contribution in [-0.4, -0.2) is 14.3 Å². The third-order valence-electron chi connectivity index (χ3n) is 4.13. The predicted octanol–water partition coefficient (Wildman–Crippen LogP) is 3.86. The van der Waals surface area contributed by atoms with Crippen molar-refractivity contribution in [2.24, 2.45) is 5.14 Å². The number of amides is 1. The summed E-state index contributed by atoms with van der Waals surface area (Å²) < 4.78 is 29.1. The van der Waals surface area contributed by atoms with Crippen molar-refractivity contribution in [2.45, 2.75) is 25.2 Å². The topological polar surface area (TPSA) is 102 Å². The van der Waals surface area contributed by atoms with E-state index in [1.807, 2.05) is 13.0 Å². The fourth-order valence-corrected chi connectivity index (χ4v) is 3.88. The van der Waals surface area contributed by atoms with Crippen molar-refractivity contribution in [3.05, 3.63) is 58.3 Å². The summed E-state index contributed by atoms with van der Waals surface area (Å²) in [7, 11) is -3.89. The molecular formula is C18H17ClN2O4S. The fourth-order valence-electron chi connectivity index (χ4n) is 2.80. The Morgan fingerprint density at radius 3 is 2.62 bits per heavy atom. The maximum absolute atomic E-state index is 12.6. The maximum Gasteiger partial charge on any atom is 0.291 e. The Morgan fingerprint density at radius 2 is 2.00 bits per heavy atom. The molecule has 8 heteroatoms. The van der Waals surface area contributed by atoms with Crippen molar-refractivity contribution in [3.8, 4) is 0 Å². The number of benzene rings is 2. The van der Waals surface area contributed by atoms with E-state index < -0.39 is 15.9 Å². The first-order valence-corrected chi connectivity index (χ1v) is 9.79. The summed E-state index contributed by atoms with van der Waals surface area (Å²) in [6, 6.07) is 9.85. The third kappa shape index (κ3) is 3.33. The van der Waals surface area contributed by atoms with Crippen molar-refractivity contribution in [1.82, 2.24) is 0 Å². The number of rotatable bonds is 4. The Hall–Kier alpha value is -2.35. The van der Waals surface area contributed by atoms with Crippen LogP contribution in [0.2, 0.25) is 5.02 Å². The highest BCUT2D eigenvalue weighted by atomic mass is 35.5. The van der Waals surface area contributed by atoms with E-state index >= 15 is 0 Å². The summed E-state index contributed by atoms with van der Waals surface area (Å²) >= 11 is 6.11. The van der Waals surface area contributed by atoms with E-state index in [-0.39, 0.29) is 10.7 Å². The van der Waals surface area contributed by atoms with E-state index in [0.717, 1.165) is 5.39 Å². The molecule has 0 aliphatic rings. The number of carbonyl (C=O) groups is 1. The number of nitrogens with two attached hydrogens (primary N) is 1. The van der Waals surface area contributed by atoms with Gasteiger partial charge < -0.3 is 9.73 Å². The van der Waals surface area contributed by atoms with Gasteiger partial charge in [-0.2, -0.15) is 0 Å². The van der Waals surface area contributed by atoms with E-state index in [1.54, 1.807) is 31.2 Å². The third-order valence-corrected chi connectivity index (χ3v) is 5.43. The number of anilines is 1. The summed E-state index contributed by atoms with van der Waals surface area (Å²) in [6.07, 6.45) is 0.501. The monoisotopic (exact) mass is 392 g/mol. The van der Waals surface area contributed by atoms with Gasteiger partial charge >= 0.3 is 0 Å². The minimum absolute atomic E-state index is 0.0119. The summed E-state index contributed by atoms with van der Waals surface area (Å²) in [4.78, 5) is 12.6. The lowest BCUT2D eigenvalue weighted by Gasteiger charge is -2.09. The zero-order valence-corrected chi connectivity index (χ0v) is 15.7. The summed E-state index contributed by atoms with van der Waals surface area (Å²) in [6.45, 7) is 3.58. The average Bonchev–Trinajstić information content (AvgIpc) is 2.93. The molecule has 3 rings (SSSR count). The molecule has 2 aromatic carbocycles. The van der Waals surface area contributed by atoms with Gasteiger partial charge in [-0.25, -0.2) is 13.6 Å². The Labute approximate surface area is 156 Å². The minimum Gasteiger partial charge on any atom is -0.449 e. The molecule has 0 bridgehead atoms. The molecule has 0 unspecified atom stereocenters. The van der Waals surface area contributed by atoms with Crippen LogP contribution in [0.4, 0.5) is 5.69 Å². The molecule has 3 N–H and O–H groups in total. The first-order chi connectivity index (χ1) is 12.2. The molecule has 0 fully saturated rings. The minimum atomic E-state index is -3.89. The lowest BCUT2D eigenvalue weighted by Crippen LogP contribution is -2.16. The number of carbonyl (C=O) groups excluding carboxylic acids is 1. The van der Waals surface area contributed by atoms with Crippen LogP contribution in [0.25, 0.3) is 11.0 Å². The second-order valence-corrected chi connectivity index (χ2v) is 7.78. The molecule has 0 aliphatic carbocycles. The normalized spacial score (nSPS) is 11.7. The average molecular weight is 393 g/mol. The van der Waals surface area contributed by atoms with E-state index in [4.69, 9.17) is 21.2 Å². The van der Waals surface area contributed by atoms with Gasteiger partial charge in [0.1, 0.15) is 0 Å². The van der Waals surface area contributed by atoms with Crippen molar-refractivity contribution < 1.29 is 17.6 Å². The highest BCUT2D eigenvalue weighted by Crippen LogP contribution is 2.31. The van der Waals surface area contributed by atoms with Crippen molar-refractivity contribution in [2.75, 3.05) is 5.32 Å². The second-order valence-electron chi connectivity index (χ2n) is 5.85.